The van der Waals surface area contributed by atoms with Crippen molar-refractivity contribution < 1.29 is 13.2 Å². The highest BCUT2D eigenvalue weighted by Gasteiger charge is 2.32. The zero-order valence-corrected chi connectivity index (χ0v) is 7.55. The maximum absolute atomic E-state index is 12.0. The lowest BCUT2D eigenvalue weighted by molar-refractivity contribution is -0.0583. The van der Waals surface area contributed by atoms with E-state index in [-0.39, 0.29) is 11.4 Å². The van der Waals surface area contributed by atoms with Crippen molar-refractivity contribution in [2.24, 2.45) is 5.73 Å². The predicted molar refractivity (Wildman–Crippen MR) is 50.2 cm³/mol. The Bertz CT molecular complexity index is 381. The van der Waals surface area contributed by atoms with Crippen molar-refractivity contribution in [2.75, 3.05) is 0 Å². The summed E-state index contributed by atoms with van der Waals surface area (Å²) < 4.78 is 35.9. The summed E-state index contributed by atoms with van der Waals surface area (Å²) in [5.41, 5.74) is 3.89. The van der Waals surface area contributed by atoms with Crippen molar-refractivity contribution in [3.8, 4) is 0 Å². The summed E-state index contributed by atoms with van der Waals surface area (Å²) in [7, 11) is 0. The Morgan fingerprint density at radius 3 is 2.53 bits per heavy atom. The van der Waals surface area contributed by atoms with Gasteiger partial charge < -0.3 is 5.73 Å². The fraction of sp³-hybridized carbons (Fsp3) is 0.111. The number of aromatic nitrogens is 1. The van der Waals surface area contributed by atoms with E-state index in [0.717, 1.165) is 0 Å². The highest BCUT2D eigenvalue weighted by molar-refractivity contribution is 6.01. The van der Waals surface area contributed by atoms with Crippen LogP contribution < -0.4 is 5.73 Å². The number of pyridine rings is 1. The first kappa shape index (κ1) is 11.2. The number of alkyl halides is 3. The molecule has 0 fully saturated rings. The van der Waals surface area contributed by atoms with Crippen LogP contribution in [0.3, 0.4) is 0 Å². The van der Waals surface area contributed by atoms with E-state index in [4.69, 9.17) is 11.1 Å². The van der Waals surface area contributed by atoms with Gasteiger partial charge in [0.05, 0.1) is 11.4 Å². The van der Waals surface area contributed by atoms with Crippen LogP contribution in [0.2, 0.25) is 0 Å². The lowest BCUT2D eigenvalue weighted by Crippen LogP contribution is -2.20. The second-order valence-corrected chi connectivity index (χ2v) is 2.73. The summed E-state index contributed by atoms with van der Waals surface area (Å²) in [5.74, 6) is 0. The van der Waals surface area contributed by atoms with Gasteiger partial charge in [-0.1, -0.05) is 6.07 Å². The van der Waals surface area contributed by atoms with Crippen molar-refractivity contribution in [1.82, 2.24) is 4.98 Å². The molecular formula is C9H8F3N3. The van der Waals surface area contributed by atoms with Crippen LogP contribution in [0.25, 0.3) is 5.70 Å². The van der Waals surface area contributed by atoms with Gasteiger partial charge in [-0.05, 0) is 18.2 Å². The van der Waals surface area contributed by atoms with E-state index in [1.807, 2.05) is 0 Å². The van der Waals surface area contributed by atoms with Crippen LogP contribution >= 0.6 is 0 Å². The molecule has 6 heteroatoms. The number of allylic oxidation sites excluding steroid dienone is 1. The topological polar surface area (TPSA) is 62.8 Å². The van der Waals surface area contributed by atoms with E-state index < -0.39 is 11.9 Å². The van der Waals surface area contributed by atoms with E-state index in [0.29, 0.717) is 6.08 Å². The molecule has 0 radical (unpaired) electrons. The Morgan fingerprint density at radius 2 is 2.07 bits per heavy atom. The number of rotatable bonds is 2. The molecule has 1 aromatic rings. The van der Waals surface area contributed by atoms with E-state index >= 15 is 0 Å². The smallest absolute Gasteiger partial charge is 0.397 e. The summed E-state index contributed by atoms with van der Waals surface area (Å²) in [6.45, 7) is 0. The molecule has 0 atom stereocenters. The number of nitrogens with two attached hydrogens (primary N) is 1. The number of nitrogens with zero attached hydrogens (tertiary/aromatic N) is 1. The highest BCUT2D eigenvalue weighted by atomic mass is 19.4. The monoisotopic (exact) mass is 215 g/mol. The predicted octanol–water partition coefficient (Wildman–Crippen LogP) is 1.96. The van der Waals surface area contributed by atoms with Crippen molar-refractivity contribution in [2.45, 2.75) is 6.18 Å². The summed E-state index contributed by atoms with van der Waals surface area (Å²) in [5, 5.41) is 6.71. The normalized spacial score (nSPS) is 12.6. The minimum atomic E-state index is -4.68. The molecule has 0 aromatic carbocycles. The van der Waals surface area contributed by atoms with Gasteiger partial charge in [0.15, 0.2) is 0 Å². The first-order valence-electron chi connectivity index (χ1n) is 3.95. The molecule has 1 aromatic heterocycles. The van der Waals surface area contributed by atoms with Gasteiger partial charge >= 0.3 is 6.18 Å². The third-order valence-electron chi connectivity index (χ3n) is 1.57. The average molecular weight is 215 g/mol. The van der Waals surface area contributed by atoms with Gasteiger partial charge in [-0.2, -0.15) is 13.2 Å². The van der Waals surface area contributed by atoms with Crippen LogP contribution in [0.5, 0.6) is 0 Å². The minimum Gasteiger partial charge on any atom is -0.397 e. The van der Waals surface area contributed by atoms with Gasteiger partial charge in [-0.25, -0.2) is 0 Å². The molecule has 3 N–H and O–H groups in total. The lowest BCUT2D eigenvalue weighted by Gasteiger charge is -2.05. The molecular weight excluding hydrogens is 207 g/mol. The zero-order valence-electron chi connectivity index (χ0n) is 7.55. The van der Waals surface area contributed by atoms with E-state index in [2.05, 4.69) is 4.98 Å². The van der Waals surface area contributed by atoms with Crippen molar-refractivity contribution in [3.05, 3.63) is 36.2 Å². The Balaban J connectivity index is 2.91. The van der Waals surface area contributed by atoms with Crippen LogP contribution in [0.15, 0.2) is 30.5 Å². The standard InChI is InChI=1S/C9H8F3N3/c10-9(11,12)8(14)5-6(13)7-3-1-2-4-15-7/h1-5,14H,13H2/b6-5-,14-8?. The molecule has 0 bridgehead atoms. The molecule has 0 aliphatic heterocycles. The summed E-state index contributed by atoms with van der Waals surface area (Å²) in [4.78, 5) is 3.76. The molecule has 1 heterocycles. The van der Waals surface area contributed by atoms with Crippen LogP contribution in [0.1, 0.15) is 5.69 Å². The van der Waals surface area contributed by atoms with Crippen molar-refractivity contribution in [1.29, 1.82) is 5.41 Å². The zero-order chi connectivity index (χ0) is 11.5. The number of nitrogens with one attached hydrogen (secondary N) is 1. The van der Waals surface area contributed by atoms with Gasteiger partial charge in [-0.3, -0.25) is 10.4 Å². The van der Waals surface area contributed by atoms with E-state index in [1.165, 1.54) is 12.3 Å². The largest absolute Gasteiger partial charge is 0.432 e. The first-order chi connectivity index (χ1) is 6.91. The number of hydrogen-bond donors (Lipinski definition) is 2. The van der Waals surface area contributed by atoms with Gasteiger partial charge in [0.25, 0.3) is 0 Å². The Morgan fingerprint density at radius 1 is 1.40 bits per heavy atom. The second-order valence-electron chi connectivity index (χ2n) is 2.73. The molecule has 0 saturated carbocycles. The van der Waals surface area contributed by atoms with Gasteiger partial charge in [0, 0.05) is 6.20 Å². The van der Waals surface area contributed by atoms with Crippen molar-refractivity contribution >= 4 is 11.4 Å². The molecule has 0 spiro atoms. The molecule has 15 heavy (non-hydrogen) atoms. The molecule has 0 aliphatic rings. The van der Waals surface area contributed by atoms with Crippen LogP contribution in [0, 0.1) is 5.41 Å². The molecule has 0 amide bonds. The first-order valence-corrected chi connectivity index (χ1v) is 3.95. The summed E-state index contributed by atoms with van der Waals surface area (Å²) in [6, 6.07) is 4.68. The molecule has 0 unspecified atom stereocenters. The molecule has 0 aliphatic carbocycles. The maximum Gasteiger partial charge on any atom is 0.432 e. The Hall–Kier alpha value is -1.85. The molecule has 1 rings (SSSR count). The van der Waals surface area contributed by atoms with Crippen LogP contribution in [-0.2, 0) is 0 Å². The second kappa shape index (κ2) is 4.12. The highest BCUT2D eigenvalue weighted by Crippen LogP contribution is 2.18. The number of halogens is 3. The van der Waals surface area contributed by atoms with E-state index in [1.54, 1.807) is 12.1 Å². The third-order valence-corrected chi connectivity index (χ3v) is 1.57. The van der Waals surface area contributed by atoms with Crippen LogP contribution in [0.4, 0.5) is 13.2 Å². The SMILES string of the molecule is N=C(/C=C(\N)c1ccccn1)C(F)(F)F. The molecule has 0 saturated heterocycles. The third kappa shape index (κ3) is 3.08. The molecule has 80 valence electrons. The van der Waals surface area contributed by atoms with Crippen LogP contribution in [-0.4, -0.2) is 16.9 Å². The maximum atomic E-state index is 12.0. The van der Waals surface area contributed by atoms with E-state index in [9.17, 15) is 13.2 Å². The Labute approximate surface area is 83.9 Å². The van der Waals surface area contributed by atoms with Crippen molar-refractivity contribution in [3.63, 3.8) is 0 Å². The minimum absolute atomic E-state index is 0.182. The van der Waals surface area contributed by atoms with Gasteiger partial charge in [0.1, 0.15) is 5.71 Å². The average Bonchev–Trinajstić information content (AvgIpc) is 2.17. The fourth-order valence-electron chi connectivity index (χ4n) is 0.845. The number of hydrogen-bond acceptors (Lipinski definition) is 3. The lowest BCUT2D eigenvalue weighted by atomic mass is 10.2. The van der Waals surface area contributed by atoms with Gasteiger partial charge in [0.2, 0.25) is 0 Å². The summed E-state index contributed by atoms with van der Waals surface area (Å²) in [6.07, 6.45) is -2.73. The fourth-order valence-corrected chi connectivity index (χ4v) is 0.845. The van der Waals surface area contributed by atoms with Gasteiger partial charge in [-0.15, -0.1) is 0 Å². The summed E-state index contributed by atoms with van der Waals surface area (Å²) >= 11 is 0. The quantitative estimate of drug-likeness (QED) is 0.741. The molecule has 3 nitrogen and oxygen atoms in total. The Kier molecular flexibility index (Phi) is 3.08.